The Hall–Kier alpha value is -2.64. The number of nitrogens with zero attached hydrogens (tertiary/aromatic N) is 4. The normalized spacial score (nSPS) is 19.1. The molecule has 7 nitrogen and oxygen atoms in total. The molecule has 1 saturated heterocycles. The number of halogens is 1. The number of hydrogen-bond donors (Lipinski definition) is 1. The average molecular weight is 414 g/mol. The average Bonchev–Trinajstić information content (AvgIpc) is 3.10. The Morgan fingerprint density at radius 2 is 2.10 bits per heavy atom. The van der Waals surface area contributed by atoms with E-state index in [0.717, 1.165) is 19.6 Å². The minimum absolute atomic E-state index is 0.0197. The molecule has 4 rings (SSSR count). The lowest BCUT2D eigenvalue weighted by atomic mass is 10.2. The van der Waals surface area contributed by atoms with E-state index in [1.54, 1.807) is 29.3 Å². The van der Waals surface area contributed by atoms with E-state index in [9.17, 15) is 9.59 Å². The summed E-state index contributed by atoms with van der Waals surface area (Å²) in [7, 11) is 0. The highest BCUT2D eigenvalue weighted by molar-refractivity contribution is 6.33. The fourth-order valence-corrected chi connectivity index (χ4v) is 3.88. The SMILES string of the molecule is CC1CN(C(=O)/C=C/CN2CCC2)Cc2ncc(C(=O)Nc3ccccc3Cl)n21. The van der Waals surface area contributed by atoms with Gasteiger partial charge in [0.15, 0.2) is 0 Å². The third kappa shape index (κ3) is 4.21. The van der Waals surface area contributed by atoms with Crippen LogP contribution in [0.1, 0.15) is 35.7 Å². The quantitative estimate of drug-likeness (QED) is 0.765. The van der Waals surface area contributed by atoms with Gasteiger partial charge in [-0.05, 0) is 38.6 Å². The summed E-state index contributed by atoms with van der Waals surface area (Å²) in [5, 5.41) is 3.32. The molecule has 1 fully saturated rings. The smallest absolute Gasteiger partial charge is 0.273 e. The standard InChI is InChI=1S/C21H24ClN5O2/c1-15-13-26(20(28)8-4-9-25-10-5-11-25)14-19-23-12-18(27(15)19)21(29)24-17-7-3-2-6-16(17)22/h2-4,6-8,12,15H,5,9-11,13-14H2,1H3,(H,24,29)/b8-4+. The molecular formula is C21H24ClN5O2. The van der Waals surface area contributed by atoms with Crippen LogP contribution in [-0.4, -0.2) is 57.3 Å². The number of hydrogen-bond acceptors (Lipinski definition) is 4. The maximum absolute atomic E-state index is 12.8. The summed E-state index contributed by atoms with van der Waals surface area (Å²) in [6.07, 6.45) is 6.37. The topological polar surface area (TPSA) is 70.5 Å². The van der Waals surface area contributed by atoms with Gasteiger partial charge >= 0.3 is 0 Å². The molecule has 2 aliphatic heterocycles. The van der Waals surface area contributed by atoms with Gasteiger partial charge in [0.2, 0.25) is 5.91 Å². The lowest BCUT2D eigenvalue weighted by Gasteiger charge is -2.33. The Morgan fingerprint density at radius 1 is 1.31 bits per heavy atom. The van der Waals surface area contributed by atoms with Crippen LogP contribution in [0, 0.1) is 0 Å². The van der Waals surface area contributed by atoms with E-state index in [1.165, 1.54) is 6.42 Å². The van der Waals surface area contributed by atoms with Gasteiger partial charge in [0.25, 0.3) is 5.91 Å². The zero-order valence-electron chi connectivity index (χ0n) is 16.3. The van der Waals surface area contributed by atoms with Crippen LogP contribution >= 0.6 is 11.6 Å². The van der Waals surface area contributed by atoms with E-state index in [4.69, 9.17) is 11.6 Å². The number of imidazole rings is 1. The molecule has 2 amide bonds. The predicted octanol–water partition coefficient (Wildman–Crippen LogP) is 2.95. The first-order valence-corrected chi connectivity index (χ1v) is 10.2. The number of para-hydroxylation sites is 1. The molecule has 0 spiro atoms. The fourth-order valence-electron chi connectivity index (χ4n) is 3.70. The number of carbonyl (C=O) groups excluding carboxylic acids is 2. The number of carbonyl (C=O) groups is 2. The fraction of sp³-hybridized carbons (Fsp3) is 0.381. The van der Waals surface area contributed by atoms with Crippen molar-refractivity contribution in [1.29, 1.82) is 0 Å². The summed E-state index contributed by atoms with van der Waals surface area (Å²) in [5.74, 6) is 0.421. The molecule has 2 aromatic rings. The Labute approximate surface area is 175 Å². The van der Waals surface area contributed by atoms with E-state index >= 15 is 0 Å². The van der Waals surface area contributed by atoms with Crippen molar-refractivity contribution in [1.82, 2.24) is 19.4 Å². The first-order chi connectivity index (χ1) is 14.0. The molecule has 0 aliphatic carbocycles. The molecule has 1 atom stereocenters. The van der Waals surface area contributed by atoms with Crippen LogP contribution < -0.4 is 5.32 Å². The number of likely N-dealkylation sites (tertiary alicyclic amines) is 1. The number of amides is 2. The van der Waals surface area contributed by atoms with Gasteiger partial charge in [0.05, 0.1) is 29.5 Å². The van der Waals surface area contributed by atoms with Crippen LogP contribution in [0.2, 0.25) is 5.02 Å². The maximum Gasteiger partial charge on any atom is 0.273 e. The van der Waals surface area contributed by atoms with Crippen molar-refractivity contribution in [2.45, 2.75) is 25.9 Å². The predicted molar refractivity (Wildman–Crippen MR) is 112 cm³/mol. The molecule has 3 heterocycles. The van der Waals surface area contributed by atoms with Crippen LogP contribution in [-0.2, 0) is 11.3 Å². The largest absolute Gasteiger partial charge is 0.330 e. The molecule has 1 aromatic heterocycles. The van der Waals surface area contributed by atoms with Crippen LogP contribution in [0.15, 0.2) is 42.6 Å². The van der Waals surface area contributed by atoms with Crippen molar-refractivity contribution in [2.24, 2.45) is 0 Å². The van der Waals surface area contributed by atoms with Crippen molar-refractivity contribution in [3.63, 3.8) is 0 Å². The molecule has 0 radical (unpaired) electrons. The molecule has 1 N–H and O–H groups in total. The van der Waals surface area contributed by atoms with Crippen molar-refractivity contribution in [2.75, 3.05) is 31.5 Å². The van der Waals surface area contributed by atoms with Crippen LogP contribution in [0.25, 0.3) is 0 Å². The molecule has 2 aliphatic rings. The summed E-state index contributed by atoms with van der Waals surface area (Å²) in [6.45, 7) is 5.93. The molecule has 1 aromatic carbocycles. The van der Waals surface area contributed by atoms with Gasteiger partial charge in [0.1, 0.15) is 11.5 Å². The summed E-state index contributed by atoms with van der Waals surface area (Å²) in [6, 6.07) is 7.05. The van der Waals surface area contributed by atoms with Gasteiger partial charge in [-0.25, -0.2) is 4.98 Å². The Kier molecular flexibility index (Phi) is 5.69. The number of fused-ring (bicyclic) bond motifs is 1. The summed E-state index contributed by atoms with van der Waals surface area (Å²) >= 11 is 6.14. The third-order valence-corrected chi connectivity index (χ3v) is 5.70. The van der Waals surface area contributed by atoms with E-state index in [0.29, 0.717) is 35.3 Å². The van der Waals surface area contributed by atoms with Crippen LogP contribution in [0.4, 0.5) is 5.69 Å². The zero-order chi connectivity index (χ0) is 20.4. The van der Waals surface area contributed by atoms with Crippen LogP contribution in [0.5, 0.6) is 0 Å². The molecule has 29 heavy (non-hydrogen) atoms. The molecule has 1 unspecified atom stereocenters. The molecule has 8 heteroatoms. The minimum Gasteiger partial charge on any atom is -0.330 e. The number of benzene rings is 1. The van der Waals surface area contributed by atoms with E-state index in [2.05, 4.69) is 15.2 Å². The highest BCUT2D eigenvalue weighted by atomic mass is 35.5. The zero-order valence-corrected chi connectivity index (χ0v) is 17.1. The minimum atomic E-state index is -0.266. The van der Waals surface area contributed by atoms with Gasteiger partial charge in [-0.15, -0.1) is 0 Å². The molecule has 152 valence electrons. The lowest BCUT2D eigenvalue weighted by Crippen LogP contribution is -2.41. The molecule has 0 saturated carbocycles. The maximum atomic E-state index is 12.8. The van der Waals surface area contributed by atoms with Gasteiger partial charge in [-0.2, -0.15) is 0 Å². The van der Waals surface area contributed by atoms with Crippen molar-refractivity contribution in [3.8, 4) is 0 Å². The third-order valence-electron chi connectivity index (χ3n) is 5.37. The Bertz CT molecular complexity index is 950. The van der Waals surface area contributed by atoms with Gasteiger partial charge in [-0.3, -0.25) is 14.5 Å². The van der Waals surface area contributed by atoms with Crippen molar-refractivity contribution >= 4 is 29.1 Å². The van der Waals surface area contributed by atoms with Gasteiger partial charge < -0.3 is 14.8 Å². The van der Waals surface area contributed by atoms with Crippen LogP contribution in [0.3, 0.4) is 0 Å². The number of aromatic nitrogens is 2. The van der Waals surface area contributed by atoms with Gasteiger partial charge in [-0.1, -0.05) is 29.8 Å². The highest BCUT2D eigenvalue weighted by Crippen LogP contribution is 2.25. The summed E-state index contributed by atoms with van der Waals surface area (Å²) < 4.78 is 1.90. The highest BCUT2D eigenvalue weighted by Gasteiger charge is 2.29. The van der Waals surface area contributed by atoms with E-state index in [-0.39, 0.29) is 17.9 Å². The molecular weight excluding hydrogens is 390 g/mol. The van der Waals surface area contributed by atoms with Crippen molar-refractivity contribution < 1.29 is 9.59 Å². The number of nitrogens with one attached hydrogen (secondary N) is 1. The first kappa shape index (κ1) is 19.7. The Morgan fingerprint density at radius 3 is 2.83 bits per heavy atom. The lowest BCUT2D eigenvalue weighted by molar-refractivity contribution is -0.128. The number of rotatable bonds is 5. The summed E-state index contributed by atoms with van der Waals surface area (Å²) in [4.78, 5) is 33.8. The van der Waals surface area contributed by atoms with E-state index in [1.807, 2.05) is 29.7 Å². The molecule has 0 bridgehead atoms. The van der Waals surface area contributed by atoms with Gasteiger partial charge in [0, 0.05) is 19.2 Å². The second-order valence-electron chi connectivity index (χ2n) is 7.49. The monoisotopic (exact) mass is 413 g/mol. The van der Waals surface area contributed by atoms with E-state index < -0.39 is 0 Å². The van der Waals surface area contributed by atoms with Crippen molar-refractivity contribution in [3.05, 3.63) is 59.2 Å². The Balaban J connectivity index is 1.44. The summed E-state index contributed by atoms with van der Waals surface area (Å²) in [5.41, 5.74) is 1.02. The number of anilines is 1. The first-order valence-electron chi connectivity index (χ1n) is 9.82. The second-order valence-corrected chi connectivity index (χ2v) is 7.90. The second kappa shape index (κ2) is 8.39.